The largest absolute Gasteiger partial charge is 0.416 e. The summed E-state index contributed by atoms with van der Waals surface area (Å²) in [5.74, 6) is -0.429. The number of nitro benzene ring substituents is 1. The lowest BCUT2D eigenvalue weighted by atomic mass is 9.93. The molecule has 1 unspecified atom stereocenters. The minimum Gasteiger partial charge on any atom is -0.366 e. The highest BCUT2D eigenvalue weighted by atomic mass is 32.2. The molecule has 1 aromatic rings. The monoisotopic (exact) mass is 477 g/mol. The van der Waals surface area contributed by atoms with Crippen molar-refractivity contribution in [3.05, 3.63) is 33.9 Å². The molecule has 2 fully saturated rings. The van der Waals surface area contributed by atoms with Gasteiger partial charge in [0.05, 0.1) is 22.0 Å². The number of carbonyl (C=O) groups is 1. The van der Waals surface area contributed by atoms with Crippen molar-refractivity contribution < 1.29 is 31.3 Å². The first-order valence-electron chi connectivity index (χ1n) is 10.5. The van der Waals surface area contributed by atoms with Crippen LogP contribution in [-0.4, -0.2) is 61.3 Å². The summed E-state index contributed by atoms with van der Waals surface area (Å²) in [4.78, 5) is 27.0. The van der Waals surface area contributed by atoms with Gasteiger partial charge < -0.3 is 9.80 Å². The van der Waals surface area contributed by atoms with E-state index in [2.05, 4.69) is 0 Å². The summed E-state index contributed by atoms with van der Waals surface area (Å²) in [7, 11) is -3.14. The molecule has 2 aliphatic rings. The maximum absolute atomic E-state index is 13.1. The number of carbonyl (C=O) groups excluding carboxylic acids is 1. The first-order valence-corrected chi connectivity index (χ1v) is 12.4. The molecule has 2 aliphatic heterocycles. The van der Waals surface area contributed by atoms with Crippen molar-refractivity contribution in [1.29, 1.82) is 0 Å². The van der Waals surface area contributed by atoms with Crippen LogP contribution in [-0.2, 0) is 20.8 Å². The molecule has 0 aromatic heterocycles. The lowest BCUT2D eigenvalue weighted by Crippen LogP contribution is -2.47. The van der Waals surface area contributed by atoms with Crippen molar-refractivity contribution in [3.8, 4) is 0 Å². The normalized spacial score (nSPS) is 21.5. The molecular formula is C20H26F3N3O5S. The molecule has 8 nitrogen and oxygen atoms in total. The Bertz CT molecular complexity index is 975. The zero-order chi connectivity index (χ0) is 23.7. The van der Waals surface area contributed by atoms with E-state index < -0.39 is 32.2 Å². The minimum atomic E-state index is -4.68. The van der Waals surface area contributed by atoms with Crippen molar-refractivity contribution in [2.24, 2.45) is 5.92 Å². The molecule has 0 radical (unpaired) electrons. The number of piperidine rings is 1. The van der Waals surface area contributed by atoms with Crippen molar-refractivity contribution in [2.45, 2.75) is 44.8 Å². The first-order chi connectivity index (χ1) is 14.9. The predicted molar refractivity (Wildman–Crippen MR) is 112 cm³/mol. The summed E-state index contributed by atoms with van der Waals surface area (Å²) >= 11 is 0. The molecule has 2 saturated heterocycles. The van der Waals surface area contributed by atoms with Crippen LogP contribution in [0.4, 0.5) is 24.5 Å². The molecule has 12 heteroatoms. The number of nitrogens with zero attached hydrogens (tertiary/aromatic N) is 3. The van der Waals surface area contributed by atoms with E-state index in [0.29, 0.717) is 38.3 Å². The Morgan fingerprint density at radius 3 is 2.41 bits per heavy atom. The minimum absolute atomic E-state index is 0.0324. The maximum atomic E-state index is 13.1. The second kappa shape index (κ2) is 9.24. The van der Waals surface area contributed by atoms with Crippen LogP contribution in [0.25, 0.3) is 0 Å². The third-order valence-corrected chi connectivity index (χ3v) is 7.83. The van der Waals surface area contributed by atoms with Gasteiger partial charge >= 0.3 is 6.18 Å². The van der Waals surface area contributed by atoms with Gasteiger partial charge in [-0.3, -0.25) is 14.9 Å². The molecule has 1 amide bonds. The smallest absolute Gasteiger partial charge is 0.366 e. The van der Waals surface area contributed by atoms with E-state index in [9.17, 15) is 36.5 Å². The molecular weight excluding hydrogens is 451 g/mol. The highest BCUT2D eigenvalue weighted by Crippen LogP contribution is 2.38. The van der Waals surface area contributed by atoms with Crippen molar-refractivity contribution in [2.75, 3.05) is 36.0 Å². The van der Waals surface area contributed by atoms with Gasteiger partial charge in [-0.05, 0) is 37.8 Å². The number of anilines is 1. The Kier molecular flexibility index (Phi) is 7.01. The second-order valence-electron chi connectivity index (χ2n) is 8.31. The number of halogens is 3. The fourth-order valence-electron chi connectivity index (χ4n) is 4.45. The number of amides is 1. The molecule has 0 aliphatic carbocycles. The average Bonchev–Trinajstić information content (AvgIpc) is 3.09. The predicted octanol–water partition coefficient (Wildman–Crippen LogP) is 3.26. The number of hydrogen-bond donors (Lipinski definition) is 0. The average molecular weight is 478 g/mol. The number of benzene rings is 1. The van der Waals surface area contributed by atoms with Gasteiger partial charge in [-0.2, -0.15) is 13.2 Å². The fourth-order valence-corrected chi connectivity index (χ4v) is 6.18. The Hall–Kier alpha value is -2.37. The van der Waals surface area contributed by atoms with Crippen LogP contribution in [0.2, 0.25) is 0 Å². The number of hydrogen-bond acceptors (Lipinski definition) is 6. The Balaban J connectivity index is 1.71. The summed E-state index contributed by atoms with van der Waals surface area (Å²) in [6, 6.07) is 2.14. The molecule has 0 N–H and O–H groups in total. The van der Waals surface area contributed by atoms with E-state index in [1.807, 2.05) is 6.92 Å². The van der Waals surface area contributed by atoms with E-state index in [-0.39, 0.29) is 48.1 Å². The quantitative estimate of drug-likeness (QED) is 0.461. The van der Waals surface area contributed by atoms with Crippen LogP contribution < -0.4 is 4.90 Å². The number of sulfone groups is 1. The molecule has 3 rings (SSSR count). The highest BCUT2D eigenvalue weighted by Gasteiger charge is 2.38. The van der Waals surface area contributed by atoms with E-state index >= 15 is 0 Å². The van der Waals surface area contributed by atoms with E-state index in [1.165, 1.54) is 0 Å². The first kappa shape index (κ1) is 24.3. The zero-order valence-electron chi connectivity index (χ0n) is 17.7. The summed E-state index contributed by atoms with van der Waals surface area (Å²) in [5, 5.41) is 11.4. The molecule has 178 valence electrons. The van der Waals surface area contributed by atoms with Crippen molar-refractivity contribution >= 4 is 27.1 Å². The molecule has 2 heterocycles. The highest BCUT2D eigenvalue weighted by molar-refractivity contribution is 7.91. The van der Waals surface area contributed by atoms with Crippen LogP contribution >= 0.6 is 0 Å². The van der Waals surface area contributed by atoms with E-state index in [1.54, 1.807) is 9.80 Å². The van der Waals surface area contributed by atoms with Gasteiger partial charge in [-0.25, -0.2) is 8.42 Å². The summed E-state index contributed by atoms with van der Waals surface area (Å²) in [6.07, 6.45) is -2.80. The maximum Gasteiger partial charge on any atom is 0.416 e. The summed E-state index contributed by atoms with van der Waals surface area (Å²) in [6.45, 7) is 2.94. The molecule has 0 spiro atoms. The van der Waals surface area contributed by atoms with E-state index in [4.69, 9.17) is 0 Å². The van der Waals surface area contributed by atoms with Crippen LogP contribution in [0.15, 0.2) is 18.2 Å². The van der Waals surface area contributed by atoms with Gasteiger partial charge in [0.2, 0.25) is 5.91 Å². The topological polar surface area (TPSA) is 101 Å². The molecule has 0 bridgehead atoms. The van der Waals surface area contributed by atoms with Crippen molar-refractivity contribution in [1.82, 2.24) is 4.90 Å². The molecule has 32 heavy (non-hydrogen) atoms. The Morgan fingerprint density at radius 1 is 1.25 bits per heavy atom. The lowest BCUT2D eigenvalue weighted by Gasteiger charge is -2.37. The van der Waals surface area contributed by atoms with Crippen LogP contribution in [0.5, 0.6) is 0 Å². The number of alkyl halides is 3. The summed E-state index contributed by atoms with van der Waals surface area (Å²) < 4.78 is 62.5. The van der Waals surface area contributed by atoms with Gasteiger partial charge in [0, 0.05) is 37.7 Å². The fraction of sp³-hybridized carbons (Fsp3) is 0.650. The second-order valence-corrected chi connectivity index (χ2v) is 10.5. The lowest BCUT2D eigenvalue weighted by molar-refractivity contribution is -0.384. The van der Waals surface area contributed by atoms with Crippen LogP contribution in [0.3, 0.4) is 0 Å². The molecule has 1 atom stereocenters. The van der Waals surface area contributed by atoms with Gasteiger partial charge in [0.15, 0.2) is 9.84 Å². The third kappa shape index (κ3) is 5.33. The van der Waals surface area contributed by atoms with Gasteiger partial charge in [-0.15, -0.1) is 0 Å². The third-order valence-electron chi connectivity index (χ3n) is 6.08. The van der Waals surface area contributed by atoms with Crippen LogP contribution in [0, 0.1) is 16.0 Å². The number of rotatable bonds is 6. The van der Waals surface area contributed by atoms with E-state index in [0.717, 1.165) is 12.1 Å². The van der Waals surface area contributed by atoms with Crippen molar-refractivity contribution in [3.63, 3.8) is 0 Å². The molecule has 1 aromatic carbocycles. The van der Waals surface area contributed by atoms with Gasteiger partial charge in [-0.1, -0.05) is 6.92 Å². The van der Waals surface area contributed by atoms with Crippen LogP contribution in [0.1, 0.15) is 38.2 Å². The Labute approximate surface area is 184 Å². The van der Waals surface area contributed by atoms with Gasteiger partial charge in [0.25, 0.3) is 5.69 Å². The SMILES string of the molecule is CCCN(C(=O)C1CCN(c2ccc(C(F)(F)F)cc2[N+](=O)[O-])CC1)C1CCS(=O)(=O)C1. The van der Waals surface area contributed by atoms with Gasteiger partial charge in [0.1, 0.15) is 5.69 Å². The number of nitro groups is 1. The zero-order valence-corrected chi connectivity index (χ0v) is 18.5. The summed E-state index contributed by atoms with van der Waals surface area (Å²) in [5.41, 5.74) is -1.60. The Morgan fingerprint density at radius 2 is 1.91 bits per heavy atom. The molecule has 0 saturated carbocycles. The standard InChI is InChI=1S/C20H26F3N3O5S/c1-2-8-25(16-7-11-32(30,31)13-16)19(27)14-5-9-24(10-6-14)17-4-3-15(20(21,22)23)12-18(17)26(28)29/h3-4,12,14,16H,2,5-11,13H2,1H3.